The van der Waals surface area contributed by atoms with E-state index in [0.717, 1.165) is 40.0 Å². The SMILES string of the molecule is C.O=S(=O)(c1cccc2c(I)cccc12)N1CCCCCC1. The van der Waals surface area contributed by atoms with Gasteiger partial charge in [0.25, 0.3) is 0 Å². The maximum Gasteiger partial charge on any atom is 0.243 e. The molecule has 1 aliphatic rings. The fraction of sp³-hybridized carbons (Fsp3) is 0.412. The second kappa shape index (κ2) is 7.27. The van der Waals surface area contributed by atoms with Crippen molar-refractivity contribution in [3.05, 3.63) is 40.0 Å². The zero-order valence-electron chi connectivity index (χ0n) is 11.8. The van der Waals surface area contributed by atoms with Gasteiger partial charge >= 0.3 is 0 Å². The van der Waals surface area contributed by atoms with E-state index in [1.54, 1.807) is 10.4 Å². The number of hydrogen-bond acceptors (Lipinski definition) is 2. The van der Waals surface area contributed by atoms with E-state index in [1.165, 1.54) is 0 Å². The predicted molar refractivity (Wildman–Crippen MR) is 101 cm³/mol. The highest BCUT2D eigenvalue weighted by Gasteiger charge is 2.26. The van der Waals surface area contributed by atoms with Crippen LogP contribution in [0.1, 0.15) is 33.1 Å². The molecule has 0 bridgehead atoms. The number of sulfonamides is 1. The van der Waals surface area contributed by atoms with Gasteiger partial charge < -0.3 is 0 Å². The Hall–Kier alpha value is -0.660. The van der Waals surface area contributed by atoms with Gasteiger partial charge in [0.2, 0.25) is 10.0 Å². The Morgan fingerprint density at radius 3 is 2.14 bits per heavy atom. The average molecular weight is 431 g/mol. The third kappa shape index (κ3) is 3.31. The van der Waals surface area contributed by atoms with Crippen molar-refractivity contribution in [2.24, 2.45) is 0 Å². The predicted octanol–water partition coefficient (Wildman–Crippen LogP) is 4.65. The molecule has 0 spiro atoms. The molecule has 120 valence electrons. The van der Waals surface area contributed by atoms with Crippen LogP contribution in [0.25, 0.3) is 10.8 Å². The molecule has 1 saturated heterocycles. The van der Waals surface area contributed by atoms with Crippen LogP contribution >= 0.6 is 22.6 Å². The highest BCUT2D eigenvalue weighted by atomic mass is 127. The average Bonchev–Trinajstić information content (AvgIpc) is 2.77. The van der Waals surface area contributed by atoms with Crippen molar-refractivity contribution in [1.82, 2.24) is 4.31 Å². The molecule has 2 aromatic rings. The summed E-state index contributed by atoms with van der Waals surface area (Å²) in [7, 11) is -3.40. The van der Waals surface area contributed by atoms with Crippen molar-refractivity contribution in [2.45, 2.75) is 38.0 Å². The Labute approximate surface area is 146 Å². The van der Waals surface area contributed by atoms with E-state index in [0.29, 0.717) is 18.0 Å². The number of fused-ring (bicyclic) bond motifs is 1. The minimum absolute atomic E-state index is 0. The molecule has 1 fully saturated rings. The van der Waals surface area contributed by atoms with E-state index in [-0.39, 0.29) is 7.43 Å². The summed E-state index contributed by atoms with van der Waals surface area (Å²) in [6.07, 6.45) is 4.17. The molecule has 2 aromatic carbocycles. The number of halogens is 1. The molecule has 0 N–H and O–H groups in total. The molecule has 0 aromatic heterocycles. The Bertz CT molecular complexity index is 750. The minimum Gasteiger partial charge on any atom is -0.207 e. The summed E-state index contributed by atoms with van der Waals surface area (Å²) < 4.78 is 28.7. The monoisotopic (exact) mass is 431 g/mol. The normalized spacial score (nSPS) is 17.0. The third-order valence-corrected chi connectivity index (χ3v) is 6.91. The first-order valence-corrected chi connectivity index (χ1v) is 9.80. The van der Waals surface area contributed by atoms with Gasteiger partial charge in [0, 0.05) is 22.0 Å². The Kier molecular flexibility index (Phi) is 5.85. The van der Waals surface area contributed by atoms with Crippen LogP contribution in [0.15, 0.2) is 41.3 Å². The summed E-state index contributed by atoms with van der Waals surface area (Å²) in [5, 5.41) is 1.84. The lowest BCUT2D eigenvalue weighted by Gasteiger charge is -2.21. The minimum atomic E-state index is -3.40. The molecular formula is C17H22INO2S. The summed E-state index contributed by atoms with van der Waals surface area (Å²) >= 11 is 2.26. The zero-order valence-corrected chi connectivity index (χ0v) is 14.7. The molecule has 0 atom stereocenters. The summed E-state index contributed by atoms with van der Waals surface area (Å²) in [5.41, 5.74) is 0. The highest BCUT2D eigenvalue weighted by molar-refractivity contribution is 14.1. The molecule has 1 aliphatic heterocycles. The van der Waals surface area contributed by atoms with Gasteiger partial charge in [-0.2, -0.15) is 4.31 Å². The van der Waals surface area contributed by atoms with Crippen molar-refractivity contribution >= 4 is 43.4 Å². The molecular weight excluding hydrogens is 409 g/mol. The van der Waals surface area contributed by atoms with Crippen molar-refractivity contribution in [2.75, 3.05) is 13.1 Å². The van der Waals surface area contributed by atoms with Gasteiger partial charge in [0.1, 0.15) is 0 Å². The van der Waals surface area contributed by atoms with Gasteiger partial charge in [-0.3, -0.25) is 0 Å². The van der Waals surface area contributed by atoms with Crippen molar-refractivity contribution in [1.29, 1.82) is 0 Å². The lowest BCUT2D eigenvalue weighted by Crippen LogP contribution is -2.32. The molecule has 3 rings (SSSR count). The summed E-state index contributed by atoms with van der Waals surface area (Å²) in [5.74, 6) is 0. The maximum absolute atomic E-state index is 13.0. The molecule has 5 heteroatoms. The first-order valence-electron chi connectivity index (χ1n) is 7.28. The Morgan fingerprint density at radius 1 is 0.864 bits per heavy atom. The van der Waals surface area contributed by atoms with Gasteiger partial charge in [0.15, 0.2) is 0 Å². The Balaban J connectivity index is 0.00000176. The van der Waals surface area contributed by atoms with Gasteiger partial charge in [0.05, 0.1) is 4.90 Å². The molecule has 0 amide bonds. The van der Waals surface area contributed by atoms with Crippen LogP contribution in [0.4, 0.5) is 0 Å². The van der Waals surface area contributed by atoms with Crippen molar-refractivity contribution < 1.29 is 8.42 Å². The van der Waals surface area contributed by atoms with Gasteiger partial charge in [-0.15, -0.1) is 0 Å². The van der Waals surface area contributed by atoms with Gasteiger partial charge in [-0.25, -0.2) is 8.42 Å². The quantitative estimate of drug-likeness (QED) is 0.650. The van der Waals surface area contributed by atoms with Gasteiger partial charge in [-0.1, -0.05) is 44.5 Å². The van der Waals surface area contributed by atoms with E-state index in [4.69, 9.17) is 0 Å². The zero-order chi connectivity index (χ0) is 14.9. The smallest absolute Gasteiger partial charge is 0.207 e. The number of rotatable bonds is 2. The molecule has 3 nitrogen and oxygen atoms in total. The van der Waals surface area contributed by atoms with Crippen LogP contribution in [-0.2, 0) is 10.0 Å². The molecule has 0 aliphatic carbocycles. The molecule has 0 saturated carbocycles. The molecule has 1 heterocycles. The second-order valence-corrected chi connectivity index (χ2v) is 8.48. The fourth-order valence-corrected chi connectivity index (χ4v) is 5.29. The second-order valence-electron chi connectivity index (χ2n) is 5.41. The first-order chi connectivity index (χ1) is 10.1. The largest absolute Gasteiger partial charge is 0.243 e. The van der Waals surface area contributed by atoms with Crippen LogP contribution in [0.3, 0.4) is 0 Å². The van der Waals surface area contributed by atoms with E-state index in [2.05, 4.69) is 22.6 Å². The standard InChI is InChI=1S/C16H18INO2S.CH4/c17-15-9-5-8-14-13(15)7-6-10-16(14)21(19,20)18-11-3-1-2-4-12-18;/h5-10H,1-4,11-12H2;1H4. The lowest BCUT2D eigenvalue weighted by molar-refractivity contribution is 0.424. The highest BCUT2D eigenvalue weighted by Crippen LogP contribution is 2.29. The van der Waals surface area contributed by atoms with E-state index in [9.17, 15) is 8.42 Å². The van der Waals surface area contributed by atoms with Crippen LogP contribution in [-0.4, -0.2) is 25.8 Å². The molecule has 22 heavy (non-hydrogen) atoms. The summed E-state index contributed by atoms with van der Waals surface area (Å²) in [6, 6.07) is 11.4. The summed E-state index contributed by atoms with van der Waals surface area (Å²) in [6.45, 7) is 1.28. The van der Waals surface area contributed by atoms with Crippen molar-refractivity contribution in [3.8, 4) is 0 Å². The van der Waals surface area contributed by atoms with E-state index in [1.807, 2.05) is 30.3 Å². The van der Waals surface area contributed by atoms with Crippen LogP contribution < -0.4 is 0 Å². The fourth-order valence-electron chi connectivity index (χ4n) is 2.89. The van der Waals surface area contributed by atoms with Crippen LogP contribution in [0, 0.1) is 3.57 Å². The number of benzene rings is 2. The van der Waals surface area contributed by atoms with E-state index < -0.39 is 10.0 Å². The molecule has 0 radical (unpaired) electrons. The van der Waals surface area contributed by atoms with E-state index >= 15 is 0 Å². The lowest BCUT2D eigenvalue weighted by atomic mass is 10.1. The number of nitrogens with zero attached hydrogens (tertiary/aromatic N) is 1. The van der Waals surface area contributed by atoms with Crippen LogP contribution in [0.2, 0.25) is 0 Å². The third-order valence-electron chi connectivity index (χ3n) is 4.01. The first kappa shape index (κ1) is 17.7. The maximum atomic E-state index is 13.0. The topological polar surface area (TPSA) is 37.4 Å². The van der Waals surface area contributed by atoms with Crippen LogP contribution in [0.5, 0.6) is 0 Å². The molecule has 0 unspecified atom stereocenters. The van der Waals surface area contributed by atoms with Gasteiger partial charge in [-0.05, 0) is 53.0 Å². The number of hydrogen-bond donors (Lipinski definition) is 0. The summed E-state index contributed by atoms with van der Waals surface area (Å²) in [4.78, 5) is 0.445. The Morgan fingerprint density at radius 2 is 1.45 bits per heavy atom. The van der Waals surface area contributed by atoms with Crippen molar-refractivity contribution in [3.63, 3.8) is 0 Å².